The van der Waals surface area contributed by atoms with Gasteiger partial charge in [0.15, 0.2) is 5.58 Å². The van der Waals surface area contributed by atoms with Crippen molar-refractivity contribution in [2.24, 2.45) is 0 Å². The van der Waals surface area contributed by atoms with E-state index in [1.54, 1.807) is 24.4 Å². The highest BCUT2D eigenvalue weighted by molar-refractivity contribution is 7.92. The maximum Gasteiger partial charge on any atom is 0.417 e. The van der Waals surface area contributed by atoms with Crippen LogP contribution in [0.25, 0.3) is 33.1 Å². The molecule has 3 aromatic heterocycles. The summed E-state index contributed by atoms with van der Waals surface area (Å²) in [6.45, 7) is 0. The quantitative estimate of drug-likeness (QED) is 0.416. The third-order valence-electron chi connectivity index (χ3n) is 4.50. The number of benzene rings is 2. The van der Waals surface area contributed by atoms with Crippen LogP contribution in [0.5, 0.6) is 0 Å². The predicted octanol–water partition coefficient (Wildman–Crippen LogP) is 4.11. The molecule has 154 valence electrons. The van der Waals surface area contributed by atoms with Gasteiger partial charge in [0, 0.05) is 28.9 Å². The second-order valence-electron chi connectivity index (χ2n) is 6.61. The Morgan fingerprint density at radius 1 is 1.00 bits per heavy atom. The Bertz CT molecular complexity index is 1550. The van der Waals surface area contributed by atoms with E-state index in [4.69, 9.17) is 4.42 Å². The molecule has 0 radical (unpaired) electrons. The van der Waals surface area contributed by atoms with Crippen molar-refractivity contribution in [3.8, 4) is 22.0 Å². The van der Waals surface area contributed by atoms with Gasteiger partial charge in [0.2, 0.25) is 0 Å². The lowest BCUT2D eigenvalue weighted by Crippen LogP contribution is -2.12. The molecule has 0 fully saturated rings. The third kappa shape index (κ3) is 3.86. The normalized spacial score (nSPS) is 11.6. The summed E-state index contributed by atoms with van der Waals surface area (Å²) in [5, 5.41) is 2.68. The Balaban J connectivity index is 1.43. The van der Waals surface area contributed by atoms with Crippen molar-refractivity contribution < 1.29 is 12.8 Å². The third-order valence-corrected chi connectivity index (χ3v) is 6.75. The Labute approximate surface area is 180 Å². The molecule has 0 saturated heterocycles. The minimum atomic E-state index is -3.89. The van der Waals surface area contributed by atoms with Crippen LogP contribution in [0.4, 0.5) is 5.69 Å². The lowest BCUT2D eigenvalue weighted by Gasteiger charge is -2.09. The number of aromatic nitrogens is 3. The van der Waals surface area contributed by atoms with E-state index in [0.717, 1.165) is 22.0 Å². The van der Waals surface area contributed by atoms with Crippen molar-refractivity contribution in [2.45, 2.75) is 4.90 Å². The molecule has 0 bridgehead atoms. The van der Waals surface area contributed by atoms with Crippen LogP contribution < -0.4 is 10.5 Å². The smallest absolute Gasteiger partial charge is 0.408 e. The Morgan fingerprint density at radius 3 is 2.74 bits per heavy atom. The van der Waals surface area contributed by atoms with Crippen LogP contribution in [0.2, 0.25) is 0 Å². The van der Waals surface area contributed by atoms with Crippen molar-refractivity contribution in [2.75, 3.05) is 4.72 Å². The minimum Gasteiger partial charge on any atom is -0.408 e. The highest BCUT2D eigenvalue weighted by Crippen LogP contribution is 2.29. The predicted molar refractivity (Wildman–Crippen MR) is 118 cm³/mol. The molecule has 31 heavy (non-hydrogen) atoms. The van der Waals surface area contributed by atoms with Crippen molar-refractivity contribution in [3.63, 3.8) is 0 Å². The maximum atomic E-state index is 12.8. The highest BCUT2D eigenvalue weighted by atomic mass is 32.2. The molecule has 8 nitrogen and oxygen atoms in total. The van der Waals surface area contributed by atoms with Gasteiger partial charge in [-0.3, -0.25) is 14.7 Å². The fraction of sp³-hybridized carbons (Fsp3) is 0. The van der Waals surface area contributed by atoms with E-state index in [1.165, 1.54) is 29.5 Å². The molecule has 10 heteroatoms. The lowest BCUT2D eigenvalue weighted by molar-refractivity contribution is 0.554. The van der Waals surface area contributed by atoms with Crippen molar-refractivity contribution in [3.05, 3.63) is 82.8 Å². The number of fused-ring (bicyclic) bond motifs is 1. The monoisotopic (exact) mass is 450 g/mol. The molecule has 0 saturated carbocycles. The zero-order chi connectivity index (χ0) is 21.4. The number of thiazole rings is 1. The van der Waals surface area contributed by atoms with Gasteiger partial charge in [0.1, 0.15) is 5.01 Å². The number of sulfonamides is 1. The number of rotatable bonds is 5. The van der Waals surface area contributed by atoms with Crippen LogP contribution in [0.1, 0.15) is 0 Å². The van der Waals surface area contributed by atoms with E-state index in [-0.39, 0.29) is 10.5 Å². The minimum absolute atomic E-state index is 0.0146. The topological polar surface area (TPSA) is 118 Å². The van der Waals surface area contributed by atoms with Gasteiger partial charge in [0.05, 0.1) is 21.8 Å². The molecule has 5 aromatic rings. The molecule has 2 N–H and O–H groups in total. The van der Waals surface area contributed by atoms with E-state index < -0.39 is 15.8 Å². The summed E-state index contributed by atoms with van der Waals surface area (Å²) in [4.78, 5) is 22.7. The summed E-state index contributed by atoms with van der Waals surface area (Å²) >= 11 is 1.47. The second kappa shape index (κ2) is 7.49. The van der Waals surface area contributed by atoms with Crippen LogP contribution in [0.15, 0.2) is 86.3 Å². The van der Waals surface area contributed by atoms with Gasteiger partial charge in [-0.05, 0) is 36.4 Å². The van der Waals surface area contributed by atoms with Crippen molar-refractivity contribution >= 4 is 38.1 Å². The van der Waals surface area contributed by atoms with Crippen LogP contribution >= 0.6 is 11.3 Å². The van der Waals surface area contributed by atoms with Crippen LogP contribution in [-0.4, -0.2) is 23.4 Å². The molecule has 3 heterocycles. The van der Waals surface area contributed by atoms with Crippen molar-refractivity contribution in [1.29, 1.82) is 0 Å². The zero-order valence-corrected chi connectivity index (χ0v) is 17.4. The highest BCUT2D eigenvalue weighted by Gasteiger charge is 2.17. The van der Waals surface area contributed by atoms with Crippen molar-refractivity contribution in [1.82, 2.24) is 15.0 Å². The molecule has 0 aliphatic carbocycles. The van der Waals surface area contributed by atoms with E-state index >= 15 is 0 Å². The summed E-state index contributed by atoms with van der Waals surface area (Å²) in [6, 6.07) is 16.8. The maximum absolute atomic E-state index is 12.8. The molecule has 2 aromatic carbocycles. The number of aromatic amines is 1. The van der Waals surface area contributed by atoms with Crippen LogP contribution in [0, 0.1) is 0 Å². The first-order valence-corrected chi connectivity index (χ1v) is 11.5. The number of anilines is 1. The van der Waals surface area contributed by atoms with Gasteiger partial charge in [-0.2, -0.15) is 0 Å². The number of pyridine rings is 1. The first-order chi connectivity index (χ1) is 15.0. The number of hydrogen-bond acceptors (Lipinski definition) is 7. The molecule has 0 aliphatic rings. The summed E-state index contributed by atoms with van der Waals surface area (Å²) < 4.78 is 33.2. The zero-order valence-electron chi connectivity index (χ0n) is 15.8. The number of nitrogens with one attached hydrogen (secondary N) is 2. The molecule has 5 rings (SSSR count). The number of hydrogen-bond donors (Lipinski definition) is 2. The van der Waals surface area contributed by atoms with Gasteiger partial charge in [0.25, 0.3) is 10.0 Å². The van der Waals surface area contributed by atoms with Gasteiger partial charge in [-0.1, -0.05) is 18.2 Å². The average Bonchev–Trinajstić information content (AvgIpc) is 3.40. The molecule has 0 amide bonds. The first-order valence-electron chi connectivity index (χ1n) is 9.11. The lowest BCUT2D eigenvalue weighted by atomic mass is 10.1. The van der Waals surface area contributed by atoms with Gasteiger partial charge >= 0.3 is 5.76 Å². The van der Waals surface area contributed by atoms with Gasteiger partial charge < -0.3 is 4.42 Å². The summed E-state index contributed by atoms with van der Waals surface area (Å²) in [7, 11) is -3.89. The Hall–Kier alpha value is -3.76. The second-order valence-corrected chi connectivity index (χ2v) is 9.15. The molecular formula is C21H14N4O4S2. The van der Waals surface area contributed by atoms with E-state index in [2.05, 4.69) is 19.7 Å². The standard InChI is InChI=1S/C21H14N4O4S2/c26-21-24-16-8-7-15(11-19(16)29-21)31(27,28)25-14-5-3-4-13(10-14)18-12-30-20(23-18)17-6-1-2-9-22-17/h1-12,25H,(H,24,26). The first kappa shape index (κ1) is 19.2. The number of oxazole rings is 1. The number of nitrogens with zero attached hydrogens (tertiary/aromatic N) is 2. The Morgan fingerprint density at radius 2 is 1.90 bits per heavy atom. The molecule has 0 atom stereocenters. The SMILES string of the molecule is O=c1[nH]c2ccc(S(=O)(=O)Nc3cccc(-c4csc(-c5ccccn5)n4)c3)cc2o1. The van der Waals surface area contributed by atoms with Crippen LogP contribution in [0.3, 0.4) is 0 Å². The van der Waals surface area contributed by atoms with Gasteiger partial charge in [-0.25, -0.2) is 18.2 Å². The molecular weight excluding hydrogens is 436 g/mol. The fourth-order valence-corrected chi connectivity index (χ4v) is 4.93. The average molecular weight is 451 g/mol. The van der Waals surface area contributed by atoms with E-state index in [9.17, 15) is 13.2 Å². The number of H-pyrrole nitrogens is 1. The van der Waals surface area contributed by atoms with Crippen LogP contribution in [-0.2, 0) is 10.0 Å². The van der Waals surface area contributed by atoms with Gasteiger partial charge in [-0.15, -0.1) is 11.3 Å². The van der Waals surface area contributed by atoms with E-state index in [0.29, 0.717) is 11.2 Å². The summed E-state index contributed by atoms with van der Waals surface area (Å²) in [5.41, 5.74) is 3.26. The summed E-state index contributed by atoms with van der Waals surface area (Å²) in [5.74, 6) is -0.640. The Kier molecular flexibility index (Phi) is 4.64. The largest absolute Gasteiger partial charge is 0.417 e. The summed E-state index contributed by atoms with van der Waals surface area (Å²) in [6.07, 6.45) is 1.71. The fourth-order valence-electron chi connectivity index (χ4n) is 3.06. The molecule has 0 unspecified atom stereocenters. The molecule has 0 spiro atoms. The molecule has 0 aliphatic heterocycles. The van der Waals surface area contributed by atoms with E-state index in [1.807, 2.05) is 29.6 Å².